The molecule has 0 spiro atoms. The fourth-order valence-corrected chi connectivity index (χ4v) is 8.11. The predicted molar refractivity (Wildman–Crippen MR) is 103 cm³/mol. The first-order chi connectivity index (χ1) is 12.1. The molecule has 2 fully saturated rings. The fraction of sp³-hybridized carbons (Fsp3) is 0.778. The van der Waals surface area contributed by atoms with Gasteiger partial charge >= 0.3 is 5.97 Å². The third-order valence-corrected chi connectivity index (χ3v) is 8.13. The molecule has 146 valence electrons. The normalized spacial score (nSPS) is 31.4. The van der Waals surface area contributed by atoms with Gasteiger partial charge in [0.25, 0.3) is 0 Å². The van der Waals surface area contributed by atoms with E-state index in [1.54, 1.807) is 0 Å². The number of carbonyl (C=O) groups excluding carboxylic acids is 1. The number of ether oxygens (including phenoxy) is 1. The monoisotopic (exact) mass is 399 g/mol. The highest BCUT2D eigenvalue weighted by Crippen LogP contribution is 2.59. The van der Waals surface area contributed by atoms with Gasteiger partial charge in [-0.3, -0.25) is 9.69 Å². The van der Waals surface area contributed by atoms with E-state index in [4.69, 9.17) is 9.16 Å². The van der Waals surface area contributed by atoms with Crippen LogP contribution in [0.4, 0.5) is 0 Å². The Morgan fingerprint density at radius 1 is 1.42 bits per heavy atom. The van der Waals surface area contributed by atoms with E-state index >= 15 is 0 Å². The molecular formula is C18H29NO5SSi. The second kappa shape index (κ2) is 6.65. The van der Waals surface area contributed by atoms with Gasteiger partial charge < -0.3 is 14.3 Å². The minimum absolute atomic E-state index is 0.119. The number of nitrogens with zero attached hydrogens (tertiary/aromatic N) is 1. The smallest absolute Gasteiger partial charge is 0.353 e. The first kappa shape index (κ1) is 19.9. The van der Waals surface area contributed by atoms with Crippen molar-refractivity contribution in [3.05, 3.63) is 10.6 Å². The van der Waals surface area contributed by atoms with Crippen molar-refractivity contribution in [2.45, 2.75) is 64.5 Å². The molecule has 0 aromatic carbocycles. The molecule has 26 heavy (non-hydrogen) atoms. The predicted octanol–water partition coefficient (Wildman–Crippen LogP) is 1.73. The summed E-state index contributed by atoms with van der Waals surface area (Å²) in [4.78, 5) is 27.3. The Balaban J connectivity index is 2.00. The maximum atomic E-state index is 13.2. The molecule has 1 amide bonds. The van der Waals surface area contributed by atoms with Crippen LogP contribution in [0, 0.1) is 17.3 Å². The topological polar surface area (TPSA) is 76.1 Å². The van der Waals surface area contributed by atoms with E-state index in [2.05, 4.69) is 34.6 Å². The van der Waals surface area contributed by atoms with E-state index in [9.17, 15) is 14.7 Å². The van der Waals surface area contributed by atoms with Crippen molar-refractivity contribution in [3.63, 3.8) is 0 Å². The molecule has 2 saturated heterocycles. The number of carboxylic acids is 1. The summed E-state index contributed by atoms with van der Waals surface area (Å²) in [5.74, 6) is -1.39. The molecule has 3 aliphatic rings. The quantitative estimate of drug-likeness (QED) is 0.560. The lowest BCUT2D eigenvalue weighted by molar-refractivity contribution is -0.184. The summed E-state index contributed by atoms with van der Waals surface area (Å²) in [6.45, 7) is 11.1. The SMILES string of the molecule is CC(C)[C@@](O[SiH3])([C@H]1C(=O)N2C(C(=O)O)=C(C3CCCO3)S[C@H]12)C(C)(C)C. The summed E-state index contributed by atoms with van der Waals surface area (Å²) in [5.41, 5.74) is -0.737. The van der Waals surface area contributed by atoms with Crippen LogP contribution >= 0.6 is 11.8 Å². The Labute approximate surface area is 162 Å². The third-order valence-electron chi connectivity index (χ3n) is 6.02. The number of β-lactam (4-membered cyclic amide) rings is 1. The number of amides is 1. The van der Waals surface area contributed by atoms with Crippen molar-refractivity contribution in [3.8, 4) is 0 Å². The van der Waals surface area contributed by atoms with E-state index in [0.29, 0.717) is 22.0 Å². The maximum absolute atomic E-state index is 13.2. The van der Waals surface area contributed by atoms with E-state index < -0.39 is 11.6 Å². The minimum atomic E-state index is -1.05. The molecule has 0 aromatic rings. The average molecular weight is 400 g/mol. The number of rotatable bonds is 5. The Hall–Kier alpha value is -0.833. The highest BCUT2D eigenvalue weighted by Gasteiger charge is 2.67. The minimum Gasteiger partial charge on any atom is -0.477 e. The third kappa shape index (κ3) is 2.60. The average Bonchev–Trinajstić information content (AvgIpc) is 3.15. The second-order valence-electron chi connectivity index (χ2n) is 8.62. The van der Waals surface area contributed by atoms with Crippen LogP contribution in [0.1, 0.15) is 47.5 Å². The van der Waals surface area contributed by atoms with Crippen LogP contribution in [0.3, 0.4) is 0 Å². The van der Waals surface area contributed by atoms with Crippen molar-refractivity contribution in [1.82, 2.24) is 4.90 Å². The van der Waals surface area contributed by atoms with Gasteiger partial charge in [-0.05, 0) is 24.2 Å². The van der Waals surface area contributed by atoms with Gasteiger partial charge in [-0.1, -0.05) is 46.4 Å². The zero-order valence-electron chi connectivity index (χ0n) is 16.4. The second-order valence-corrected chi connectivity index (χ2v) is 10.2. The number of carboxylic acid groups (broad SMARTS) is 1. The molecule has 0 aliphatic carbocycles. The lowest BCUT2D eigenvalue weighted by atomic mass is 9.60. The number of hydrogen-bond donors (Lipinski definition) is 1. The van der Waals surface area contributed by atoms with Crippen LogP contribution in [0.5, 0.6) is 0 Å². The number of carbonyl (C=O) groups is 2. The molecule has 1 N–H and O–H groups in total. The molecular weight excluding hydrogens is 370 g/mol. The number of aliphatic carboxylic acids is 1. The van der Waals surface area contributed by atoms with Crippen molar-refractivity contribution < 1.29 is 23.9 Å². The van der Waals surface area contributed by atoms with Gasteiger partial charge in [0.15, 0.2) is 0 Å². The zero-order valence-corrected chi connectivity index (χ0v) is 19.2. The molecule has 1 unspecified atom stereocenters. The molecule has 4 atom stereocenters. The number of thioether (sulfide) groups is 1. The fourth-order valence-electron chi connectivity index (χ4n) is 5.10. The first-order valence-corrected chi connectivity index (χ1v) is 10.9. The van der Waals surface area contributed by atoms with Gasteiger partial charge in [0.1, 0.15) is 21.6 Å². The number of fused-ring (bicyclic) bond motifs is 1. The van der Waals surface area contributed by atoms with Gasteiger partial charge in [-0.2, -0.15) is 0 Å². The van der Waals surface area contributed by atoms with E-state index in [-0.39, 0.29) is 40.3 Å². The summed E-state index contributed by atoms with van der Waals surface area (Å²) < 4.78 is 11.9. The highest BCUT2D eigenvalue weighted by atomic mass is 32.2. The molecule has 3 rings (SSSR count). The number of hydrogen-bond acceptors (Lipinski definition) is 5. The van der Waals surface area contributed by atoms with Crippen LogP contribution < -0.4 is 0 Å². The molecule has 3 heterocycles. The molecule has 0 radical (unpaired) electrons. The summed E-state index contributed by atoms with van der Waals surface area (Å²) in [5, 5.41) is 9.54. The summed E-state index contributed by atoms with van der Waals surface area (Å²) >= 11 is 1.50. The lowest BCUT2D eigenvalue weighted by Crippen LogP contribution is -2.71. The Morgan fingerprint density at radius 2 is 2.08 bits per heavy atom. The van der Waals surface area contributed by atoms with Gasteiger partial charge in [-0.25, -0.2) is 4.79 Å². The van der Waals surface area contributed by atoms with Crippen molar-refractivity contribution >= 4 is 34.1 Å². The highest BCUT2D eigenvalue weighted by molar-refractivity contribution is 8.04. The summed E-state index contributed by atoms with van der Waals surface area (Å²) in [7, 11) is 0.519. The maximum Gasteiger partial charge on any atom is 0.353 e. The van der Waals surface area contributed by atoms with Crippen molar-refractivity contribution in [2.24, 2.45) is 17.3 Å². The summed E-state index contributed by atoms with van der Waals surface area (Å²) in [6.07, 6.45) is 1.53. The zero-order chi connectivity index (χ0) is 19.4. The van der Waals surface area contributed by atoms with E-state index in [0.717, 1.165) is 12.8 Å². The van der Waals surface area contributed by atoms with Gasteiger partial charge in [0.05, 0.1) is 17.6 Å². The van der Waals surface area contributed by atoms with Gasteiger partial charge in [0, 0.05) is 11.5 Å². The lowest BCUT2D eigenvalue weighted by Gasteiger charge is -2.59. The van der Waals surface area contributed by atoms with Crippen LogP contribution in [0.25, 0.3) is 0 Å². The molecule has 0 bridgehead atoms. The molecule has 0 saturated carbocycles. The summed E-state index contributed by atoms with van der Waals surface area (Å²) in [6, 6.07) is 0. The van der Waals surface area contributed by atoms with Crippen LogP contribution in [0.15, 0.2) is 10.6 Å². The first-order valence-electron chi connectivity index (χ1n) is 9.21. The standard InChI is InChI=1S/C18H29NO5SSi/c1-9(2)18(24-26,17(3,4)5)11-14(20)19-12(16(21)22)13(25-15(11)19)10-7-6-8-23-10/h9-11,15H,6-8H2,1-5,26H3,(H,21,22)/t10?,11-,15+,18+/m0/s1. The van der Waals surface area contributed by atoms with Crippen LogP contribution in [0.2, 0.25) is 0 Å². The van der Waals surface area contributed by atoms with Crippen molar-refractivity contribution in [2.75, 3.05) is 6.61 Å². The Morgan fingerprint density at radius 3 is 2.50 bits per heavy atom. The Bertz CT molecular complexity index is 652. The van der Waals surface area contributed by atoms with Crippen LogP contribution in [-0.4, -0.2) is 56.1 Å². The van der Waals surface area contributed by atoms with E-state index in [1.165, 1.54) is 16.7 Å². The van der Waals surface area contributed by atoms with Crippen LogP contribution in [-0.2, 0) is 18.8 Å². The van der Waals surface area contributed by atoms with Gasteiger partial charge in [-0.15, -0.1) is 0 Å². The van der Waals surface area contributed by atoms with E-state index in [1.807, 2.05) is 0 Å². The largest absolute Gasteiger partial charge is 0.477 e. The Kier molecular flexibility index (Phi) is 5.09. The molecule has 0 aromatic heterocycles. The van der Waals surface area contributed by atoms with Gasteiger partial charge in [0.2, 0.25) is 5.91 Å². The van der Waals surface area contributed by atoms with Crippen molar-refractivity contribution in [1.29, 1.82) is 0 Å². The molecule has 8 heteroatoms. The molecule has 6 nitrogen and oxygen atoms in total. The molecule has 3 aliphatic heterocycles.